The summed E-state index contributed by atoms with van der Waals surface area (Å²) in [4.78, 5) is 27.3. The van der Waals surface area contributed by atoms with Crippen LogP contribution in [0.15, 0.2) is 36.7 Å². The Bertz CT molecular complexity index is 636. The van der Waals surface area contributed by atoms with Crippen molar-refractivity contribution < 1.29 is 9.59 Å². The molecule has 0 spiro atoms. The molecule has 90 valence electrons. The quantitative estimate of drug-likeness (QED) is 0.889. The predicted octanol–water partition coefficient (Wildman–Crippen LogP) is 1.61. The molecule has 0 saturated carbocycles. The Balaban J connectivity index is 1.93. The molecule has 2 heterocycles. The van der Waals surface area contributed by atoms with Gasteiger partial charge in [-0.25, -0.2) is 0 Å². The van der Waals surface area contributed by atoms with Gasteiger partial charge in [0.2, 0.25) is 5.12 Å². The first kappa shape index (κ1) is 11.2. The maximum absolute atomic E-state index is 12.1. The van der Waals surface area contributed by atoms with Crippen LogP contribution in [0.1, 0.15) is 10.4 Å². The molecular weight excluding hydrogens is 248 g/mol. The molecule has 1 fully saturated rings. The minimum atomic E-state index is -0.346. The number of benzene rings is 1. The van der Waals surface area contributed by atoms with Crippen molar-refractivity contribution >= 4 is 33.6 Å². The average Bonchev–Trinajstić information content (AvgIpc) is 2.42. The zero-order valence-electron chi connectivity index (χ0n) is 9.42. The smallest absolute Gasteiger partial charge is 0.254 e. The fourth-order valence-corrected chi connectivity index (χ4v) is 2.48. The van der Waals surface area contributed by atoms with Gasteiger partial charge in [-0.2, -0.15) is 0 Å². The lowest BCUT2D eigenvalue weighted by Gasteiger charge is -2.23. The Hall–Kier alpha value is -1.88. The summed E-state index contributed by atoms with van der Waals surface area (Å²) in [5, 5.41) is 4.52. The third-order valence-corrected chi connectivity index (χ3v) is 3.96. The molecule has 0 bridgehead atoms. The van der Waals surface area contributed by atoms with Crippen LogP contribution < -0.4 is 5.32 Å². The molecule has 5 heteroatoms. The van der Waals surface area contributed by atoms with Gasteiger partial charge < -0.3 is 5.32 Å². The van der Waals surface area contributed by atoms with Crippen LogP contribution in [0.2, 0.25) is 0 Å². The second kappa shape index (κ2) is 4.42. The van der Waals surface area contributed by atoms with Crippen molar-refractivity contribution in [1.29, 1.82) is 0 Å². The van der Waals surface area contributed by atoms with Gasteiger partial charge in [-0.3, -0.25) is 14.6 Å². The van der Waals surface area contributed by atoms with E-state index in [1.807, 2.05) is 24.3 Å². The number of pyridine rings is 1. The van der Waals surface area contributed by atoms with Crippen LogP contribution in [0.25, 0.3) is 10.8 Å². The molecule has 1 saturated heterocycles. The Morgan fingerprint density at radius 1 is 1.33 bits per heavy atom. The summed E-state index contributed by atoms with van der Waals surface area (Å²) in [6.07, 6.45) is 3.25. The lowest BCUT2D eigenvalue weighted by atomic mass is 10.1. The summed E-state index contributed by atoms with van der Waals surface area (Å²) >= 11 is 1.24. The number of aromatic nitrogens is 1. The van der Waals surface area contributed by atoms with E-state index in [4.69, 9.17) is 0 Å². The van der Waals surface area contributed by atoms with Crippen molar-refractivity contribution in [2.45, 2.75) is 6.04 Å². The minimum Gasteiger partial charge on any atom is -0.340 e. The van der Waals surface area contributed by atoms with Crippen LogP contribution >= 0.6 is 11.8 Å². The highest BCUT2D eigenvalue weighted by Gasteiger charge is 2.31. The number of hydrogen-bond acceptors (Lipinski definition) is 4. The molecule has 1 aliphatic rings. The van der Waals surface area contributed by atoms with Gasteiger partial charge in [-0.1, -0.05) is 36.0 Å². The molecule has 0 aliphatic carbocycles. The predicted molar refractivity (Wildman–Crippen MR) is 70.5 cm³/mol. The highest BCUT2D eigenvalue weighted by atomic mass is 32.2. The number of fused-ring (bicyclic) bond motifs is 1. The van der Waals surface area contributed by atoms with Crippen molar-refractivity contribution in [3.63, 3.8) is 0 Å². The zero-order chi connectivity index (χ0) is 12.5. The van der Waals surface area contributed by atoms with Crippen LogP contribution in [-0.4, -0.2) is 27.8 Å². The van der Waals surface area contributed by atoms with Crippen LogP contribution in [0, 0.1) is 0 Å². The summed E-state index contributed by atoms with van der Waals surface area (Å²) in [6, 6.07) is 7.22. The number of amides is 1. The third kappa shape index (κ3) is 1.86. The molecule has 4 nitrogen and oxygen atoms in total. The molecule has 0 radical (unpaired) electrons. The molecule has 1 atom stereocenters. The zero-order valence-corrected chi connectivity index (χ0v) is 10.2. The Morgan fingerprint density at radius 2 is 2.17 bits per heavy atom. The third-order valence-electron chi connectivity index (χ3n) is 2.89. The monoisotopic (exact) mass is 258 g/mol. The van der Waals surface area contributed by atoms with E-state index in [-0.39, 0.29) is 17.1 Å². The number of hydrogen-bond donors (Lipinski definition) is 1. The summed E-state index contributed by atoms with van der Waals surface area (Å²) < 4.78 is 0. The average molecular weight is 258 g/mol. The van der Waals surface area contributed by atoms with Gasteiger partial charge in [0.05, 0.1) is 5.56 Å². The van der Waals surface area contributed by atoms with E-state index in [2.05, 4.69) is 10.3 Å². The Labute approximate surface area is 108 Å². The lowest BCUT2D eigenvalue weighted by molar-refractivity contribution is -0.113. The van der Waals surface area contributed by atoms with E-state index < -0.39 is 0 Å². The first-order valence-corrected chi connectivity index (χ1v) is 6.54. The number of nitrogens with zero attached hydrogens (tertiary/aromatic N) is 1. The number of thioether (sulfide) groups is 1. The Kier molecular flexibility index (Phi) is 2.76. The fourth-order valence-electron chi connectivity index (χ4n) is 1.87. The van der Waals surface area contributed by atoms with E-state index in [0.717, 1.165) is 10.8 Å². The Morgan fingerprint density at radius 3 is 2.89 bits per heavy atom. The van der Waals surface area contributed by atoms with Crippen LogP contribution in [-0.2, 0) is 4.79 Å². The molecule has 1 aromatic heterocycles. The molecular formula is C13H10N2O2S. The molecule has 3 rings (SSSR count). The van der Waals surface area contributed by atoms with Crippen LogP contribution in [0.3, 0.4) is 0 Å². The van der Waals surface area contributed by atoms with Gasteiger partial charge in [0, 0.05) is 23.5 Å². The van der Waals surface area contributed by atoms with E-state index >= 15 is 0 Å². The molecule has 2 aromatic rings. The largest absolute Gasteiger partial charge is 0.340 e. The molecule has 1 unspecified atom stereocenters. The van der Waals surface area contributed by atoms with Gasteiger partial charge in [0.15, 0.2) is 0 Å². The topological polar surface area (TPSA) is 59.1 Å². The van der Waals surface area contributed by atoms with Gasteiger partial charge >= 0.3 is 0 Å². The van der Waals surface area contributed by atoms with Crippen molar-refractivity contribution in [3.05, 3.63) is 42.2 Å². The first-order valence-electron chi connectivity index (χ1n) is 5.56. The number of carbonyl (C=O) groups is 2. The highest BCUT2D eigenvalue weighted by Crippen LogP contribution is 2.22. The van der Waals surface area contributed by atoms with Gasteiger partial charge in [0.25, 0.3) is 5.91 Å². The van der Waals surface area contributed by atoms with Crippen molar-refractivity contribution in [1.82, 2.24) is 10.3 Å². The highest BCUT2D eigenvalue weighted by molar-refractivity contribution is 8.16. The maximum Gasteiger partial charge on any atom is 0.254 e. The van der Waals surface area contributed by atoms with Crippen molar-refractivity contribution in [3.8, 4) is 0 Å². The molecule has 1 amide bonds. The summed E-state index contributed by atoms with van der Waals surface area (Å²) in [5.41, 5.74) is 0.512. The second-order valence-electron chi connectivity index (χ2n) is 4.06. The first-order chi connectivity index (χ1) is 8.75. The summed E-state index contributed by atoms with van der Waals surface area (Å²) in [7, 11) is 0. The molecule has 1 aliphatic heterocycles. The molecule has 18 heavy (non-hydrogen) atoms. The minimum absolute atomic E-state index is 0.0246. The molecule has 1 N–H and O–H groups in total. The van der Waals surface area contributed by atoms with Gasteiger partial charge in [-0.05, 0) is 5.39 Å². The van der Waals surface area contributed by atoms with Crippen LogP contribution in [0.4, 0.5) is 0 Å². The number of rotatable bonds is 2. The standard InChI is InChI=1S/C13H10N2O2S/c16-12(15-11-7-18-13(11)17)10-6-14-5-8-3-1-2-4-9(8)10/h1-6,11H,7H2,(H,15,16). The van der Waals surface area contributed by atoms with E-state index in [1.54, 1.807) is 6.20 Å². The SMILES string of the molecule is O=C(NC1CSC1=O)c1cncc2ccccc12. The second-order valence-corrected chi connectivity index (χ2v) is 5.09. The fraction of sp³-hybridized carbons (Fsp3) is 0.154. The van der Waals surface area contributed by atoms with E-state index in [1.165, 1.54) is 18.0 Å². The lowest BCUT2D eigenvalue weighted by Crippen LogP contribution is -2.47. The van der Waals surface area contributed by atoms with Crippen molar-refractivity contribution in [2.24, 2.45) is 0 Å². The summed E-state index contributed by atoms with van der Waals surface area (Å²) in [6.45, 7) is 0. The summed E-state index contributed by atoms with van der Waals surface area (Å²) in [5.74, 6) is 0.418. The molecule has 1 aromatic carbocycles. The van der Waals surface area contributed by atoms with Crippen molar-refractivity contribution in [2.75, 3.05) is 5.75 Å². The van der Waals surface area contributed by atoms with Gasteiger partial charge in [-0.15, -0.1) is 0 Å². The van der Waals surface area contributed by atoms with Gasteiger partial charge in [0.1, 0.15) is 6.04 Å². The van der Waals surface area contributed by atoms with E-state index in [0.29, 0.717) is 11.3 Å². The number of nitrogens with one attached hydrogen (secondary N) is 1. The normalized spacial score (nSPS) is 18.4. The number of carbonyl (C=O) groups excluding carboxylic acids is 2. The maximum atomic E-state index is 12.1. The van der Waals surface area contributed by atoms with Crippen LogP contribution in [0.5, 0.6) is 0 Å². The van der Waals surface area contributed by atoms with E-state index in [9.17, 15) is 9.59 Å².